The number of methoxy groups -OCH3 is 1. The first kappa shape index (κ1) is 17.2. The minimum Gasteiger partial charge on any atom is -0.479 e. The third-order valence-electron chi connectivity index (χ3n) is 2.33. The lowest BCUT2D eigenvalue weighted by Crippen LogP contribution is -2.43. The van der Waals surface area contributed by atoms with Gasteiger partial charge in [-0.15, -0.1) is 0 Å². The van der Waals surface area contributed by atoms with Crippen LogP contribution in [0.2, 0.25) is 0 Å². The first-order valence-corrected chi connectivity index (χ1v) is 5.82. The molecule has 0 unspecified atom stereocenters. The zero-order valence-electron chi connectivity index (χ0n) is 10.8. The van der Waals surface area contributed by atoms with Gasteiger partial charge in [0.2, 0.25) is 0 Å². The molecule has 108 valence electrons. The minimum atomic E-state index is -1.49. The van der Waals surface area contributed by atoms with Gasteiger partial charge in [0, 0.05) is 33.2 Å². The van der Waals surface area contributed by atoms with Crippen LogP contribution in [0.5, 0.6) is 0 Å². The third-order valence-corrected chi connectivity index (χ3v) is 2.33. The van der Waals surface area contributed by atoms with E-state index in [0.717, 1.165) is 0 Å². The van der Waals surface area contributed by atoms with Crippen molar-refractivity contribution < 1.29 is 24.5 Å². The van der Waals surface area contributed by atoms with Crippen LogP contribution in [-0.2, 0) is 9.53 Å². The molecule has 0 aromatic rings. The van der Waals surface area contributed by atoms with Crippen molar-refractivity contribution in [1.82, 2.24) is 10.2 Å². The average molecular weight is 273 g/mol. The number of nitrogens with one attached hydrogen (secondary N) is 1. The van der Waals surface area contributed by atoms with Crippen molar-refractivity contribution in [1.29, 1.82) is 5.26 Å². The molecule has 0 aromatic carbocycles. The highest BCUT2D eigenvalue weighted by Gasteiger charge is 2.15. The lowest BCUT2D eigenvalue weighted by Gasteiger charge is -2.21. The number of ether oxygens (including phenoxy) is 1. The summed E-state index contributed by atoms with van der Waals surface area (Å²) in [6.45, 7) is 0.998. The van der Waals surface area contributed by atoms with Crippen LogP contribution in [0.15, 0.2) is 0 Å². The van der Waals surface area contributed by atoms with Crippen LogP contribution in [0.1, 0.15) is 12.8 Å². The lowest BCUT2D eigenvalue weighted by atomic mass is 10.2. The largest absolute Gasteiger partial charge is 0.479 e. The third kappa shape index (κ3) is 7.96. The summed E-state index contributed by atoms with van der Waals surface area (Å²) in [5.74, 6) is -1.32. The molecule has 0 heterocycles. The standard InChI is InChI=1S/C11H19N3O5/c1-19-8-7-14(6-2-4-12)11(18)13-5-3-9(15)10(16)17/h9,15H,2-3,5-8H2,1H3,(H,13,18)(H,16,17)/t9-/m0/s1. The van der Waals surface area contributed by atoms with Crippen molar-refractivity contribution in [3.63, 3.8) is 0 Å². The van der Waals surface area contributed by atoms with Crippen molar-refractivity contribution >= 4 is 12.0 Å². The van der Waals surface area contributed by atoms with Crippen molar-refractivity contribution in [2.75, 3.05) is 33.4 Å². The SMILES string of the molecule is COCCN(CCC#N)C(=O)NCC[C@H](O)C(=O)O. The first-order chi connectivity index (χ1) is 9.02. The summed E-state index contributed by atoms with van der Waals surface area (Å²) in [5, 5.41) is 28.5. The zero-order valence-corrected chi connectivity index (χ0v) is 10.8. The number of carboxylic acids is 1. The molecule has 8 nitrogen and oxygen atoms in total. The number of urea groups is 1. The van der Waals surface area contributed by atoms with E-state index in [1.807, 2.05) is 6.07 Å². The monoisotopic (exact) mass is 273 g/mol. The van der Waals surface area contributed by atoms with Crippen molar-refractivity contribution in [3.05, 3.63) is 0 Å². The molecule has 8 heteroatoms. The van der Waals surface area contributed by atoms with Crippen LogP contribution < -0.4 is 5.32 Å². The van der Waals surface area contributed by atoms with Crippen LogP contribution in [0.25, 0.3) is 0 Å². The van der Waals surface area contributed by atoms with Crippen molar-refractivity contribution in [3.8, 4) is 6.07 Å². The van der Waals surface area contributed by atoms with Gasteiger partial charge < -0.3 is 25.2 Å². The van der Waals surface area contributed by atoms with E-state index in [1.165, 1.54) is 12.0 Å². The Morgan fingerprint density at radius 2 is 2.16 bits per heavy atom. The van der Waals surface area contributed by atoms with E-state index in [9.17, 15) is 9.59 Å². The van der Waals surface area contributed by atoms with Gasteiger partial charge in [-0.05, 0) is 0 Å². The van der Waals surface area contributed by atoms with E-state index in [2.05, 4.69) is 5.32 Å². The number of amides is 2. The fraction of sp³-hybridized carbons (Fsp3) is 0.727. The molecule has 0 bridgehead atoms. The van der Waals surface area contributed by atoms with Gasteiger partial charge in [0.1, 0.15) is 0 Å². The zero-order chi connectivity index (χ0) is 14.7. The predicted molar refractivity (Wildman–Crippen MR) is 65.3 cm³/mol. The van der Waals surface area contributed by atoms with Crippen LogP contribution in [0, 0.1) is 11.3 Å². The first-order valence-electron chi connectivity index (χ1n) is 5.82. The molecule has 0 rings (SSSR count). The Bertz CT molecular complexity index is 329. The molecule has 0 saturated carbocycles. The Morgan fingerprint density at radius 1 is 1.47 bits per heavy atom. The molecule has 0 radical (unpaired) electrons. The highest BCUT2D eigenvalue weighted by Crippen LogP contribution is 1.95. The normalized spacial score (nSPS) is 11.4. The molecule has 19 heavy (non-hydrogen) atoms. The number of nitriles is 1. The number of aliphatic hydroxyl groups excluding tert-OH is 1. The Balaban J connectivity index is 4.09. The Kier molecular flexibility index (Phi) is 9.12. The number of aliphatic hydroxyl groups is 1. The lowest BCUT2D eigenvalue weighted by molar-refractivity contribution is -0.146. The number of carbonyl (C=O) groups is 2. The smallest absolute Gasteiger partial charge is 0.332 e. The molecule has 0 aromatic heterocycles. The van der Waals surface area contributed by atoms with E-state index in [1.54, 1.807) is 0 Å². The van der Waals surface area contributed by atoms with E-state index in [-0.39, 0.29) is 25.9 Å². The molecule has 0 saturated heterocycles. The molecular formula is C11H19N3O5. The fourth-order valence-corrected chi connectivity index (χ4v) is 1.25. The molecule has 0 fully saturated rings. The number of nitrogens with zero attached hydrogens (tertiary/aromatic N) is 2. The van der Waals surface area contributed by atoms with Crippen LogP contribution in [-0.4, -0.2) is 66.6 Å². The quantitative estimate of drug-likeness (QED) is 0.515. The van der Waals surface area contributed by atoms with Gasteiger partial charge in [-0.2, -0.15) is 5.26 Å². The van der Waals surface area contributed by atoms with Crippen molar-refractivity contribution in [2.24, 2.45) is 0 Å². The summed E-state index contributed by atoms with van der Waals surface area (Å²) in [6, 6.07) is 1.53. The Labute approximate surface area is 111 Å². The van der Waals surface area contributed by atoms with E-state index in [4.69, 9.17) is 20.2 Å². The van der Waals surface area contributed by atoms with Gasteiger partial charge in [-0.25, -0.2) is 9.59 Å². The average Bonchev–Trinajstić information content (AvgIpc) is 2.38. The highest BCUT2D eigenvalue weighted by molar-refractivity contribution is 5.74. The molecule has 0 aliphatic carbocycles. The second-order valence-electron chi connectivity index (χ2n) is 3.76. The van der Waals surface area contributed by atoms with Crippen LogP contribution >= 0.6 is 0 Å². The number of aliphatic carboxylic acids is 1. The number of carbonyl (C=O) groups excluding carboxylic acids is 1. The van der Waals surface area contributed by atoms with Gasteiger partial charge in [-0.3, -0.25) is 0 Å². The number of carboxylic acid groups (broad SMARTS) is 1. The summed E-state index contributed by atoms with van der Waals surface area (Å²) >= 11 is 0. The molecular weight excluding hydrogens is 254 g/mol. The Morgan fingerprint density at radius 3 is 2.68 bits per heavy atom. The van der Waals surface area contributed by atoms with Crippen LogP contribution in [0.4, 0.5) is 4.79 Å². The highest BCUT2D eigenvalue weighted by atomic mass is 16.5. The van der Waals surface area contributed by atoms with E-state index in [0.29, 0.717) is 13.2 Å². The maximum atomic E-state index is 11.7. The fourth-order valence-electron chi connectivity index (χ4n) is 1.25. The maximum Gasteiger partial charge on any atom is 0.332 e. The van der Waals surface area contributed by atoms with Gasteiger partial charge >= 0.3 is 12.0 Å². The van der Waals surface area contributed by atoms with Gasteiger partial charge in [-0.1, -0.05) is 0 Å². The second-order valence-corrected chi connectivity index (χ2v) is 3.76. The number of hydrogen-bond acceptors (Lipinski definition) is 5. The van der Waals surface area contributed by atoms with Gasteiger partial charge in [0.15, 0.2) is 6.10 Å². The summed E-state index contributed by atoms with van der Waals surface area (Å²) in [7, 11) is 1.50. The molecule has 3 N–H and O–H groups in total. The topological polar surface area (TPSA) is 123 Å². The van der Waals surface area contributed by atoms with Crippen molar-refractivity contribution in [2.45, 2.75) is 18.9 Å². The van der Waals surface area contributed by atoms with Gasteiger partial charge in [0.05, 0.1) is 19.1 Å². The maximum absolute atomic E-state index is 11.7. The Hall–Kier alpha value is -1.85. The molecule has 0 aliphatic rings. The van der Waals surface area contributed by atoms with E-state index < -0.39 is 18.1 Å². The molecule has 0 aliphatic heterocycles. The van der Waals surface area contributed by atoms with Gasteiger partial charge in [0.25, 0.3) is 0 Å². The number of rotatable bonds is 9. The summed E-state index contributed by atoms with van der Waals surface area (Å²) in [4.78, 5) is 23.5. The predicted octanol–water partition coefficient (Wildman–Crippen LogP) is -0.606. The van der Waals surface area contributed by atoms with Crippen LogP contribution in [0.3, 0.4) is 0 Å². The molecule has 2 amide bonds. The summed E-state index contributed by atoms with van der Waals surface area (Å²) in [5.41, 5.74) is 0. The molecule has 0 spiro atoms. The van der Waals surface area contributed by atoms with E-state index >= 15 is 0 Å². The summed E-state index contributed by atoms with van der Waals surface area (Å²) < 4.78 is 4.85. The second kappa shape index (κ2) is 10.1. The molecule has 1 atom stereocenters. The minimum absolute atomic E-state index is 0.0440. The summed E-state index contributed by atoms with van der Waals surface area (Å²) in [6.07, 6.45) is -1.36. The number of hydrogen-bond donors (Lipinski definition) is 3.